The van der Waals surface area contributed by atoms with Gasteiger partial charge in [-0.3, -0.25) is 0 Å². The smallest absolute Gasteiger partial charge is 0.172 e. The molecule has 6 aromatic carbocycles. The first-order valence-corrected chi connectivity index (χ1v) is 21.7. The third kappa shape index (κ3) is 5.99. The van der Waals surface area contributed by atoms with Gasteiger partial charge in [0, 0.05) is 31.8 Å². The van der Waals surface area contributed by atoms with Crippen molar-refractivity contribution in [1.82, 2.24) is 0 Å². The summed E-state index contributed by atoms with van der Waals surface area (Å²) in [5.41, 5.74) is 14.1. The van der Waals surface area contributed by atoms with E-state index in [4.69, 9.17) is 0 Å². The molecule has 0 bridgehead atoms. The van der Waals surface area contributed by atoms with Crippen molar-refractivity contribution in [1.29, 1.82) is 0 Å². The van der Waals surface area contributed by atoms with Crippen LogP contribution in [0, 0.1) is 83.1 Å². The molecule has 266 valence electrons. The largest absolute Gasteiger partial charge is 0.309 e. The normalized spacial score (nSPS) is 12.0. The molecule has 0 saturated carbocycles. The molecule has 6 aromatic rings. The molecule has 0 heterocycles. The minimum absolute atomic E-state index is 0.808. The molecule has 0 N–H and O–H groups in total. The summed E-state index contributed by atoms with van der Waals surface area (Å²) in [6, 6.07) is 33.6. The molecule has 0 spiro atoms. The summed E-state index contributed by atoms with van der Waals surface area (Å²) in [5.74, 6) is 0. The van der Waals surface area contributed by atoms with Crippen LogP contribution in [-0.4, -0.2) is 0 Å². The van der Waals surface area contributed by atoms with Crippen LogP contribution in [0.25, 0.3) is 11.1 Å². The SMILES string of the molecule is Cc1cc(C)c(-c2c(C)cc(C)cc2P(=O)(c2c(C)cccc2C)c2c(C)cccc2C)c(P(=O)(c2c(C)cccc2C)c2c(C)cccc2C)c1. The second kappa shape index (κ2) is 14.0. The van der Waals surface area contributed by atoms with E-state index in [-0.39, 0.29) is 0 Å². The predicted molar refractivity (Wildman–Crippen MR) is 228 cm³/mol. The summed E-state index contributed by atoms with van der Waals surface area (Å²) < 4.78 is 34.1. The number of rotatable bonds is 7. The molecule has 52 heavy (non-hydrogen) atoms. The highest BCUT2D eigenvalue weighted by molar-refractivity contribution is 7.86. The first-order valence-electron chi connectivity index (χ1n) is 18.2. The highest BCUT2D eigenvalue weighted by Crippen LogP contribution is 2.53. The van der Waals surface area contributed by atoms with Gasteiger partial charge in [-0.15, -0.1) is 0 Å². The fraction of sp³-hybridized carbons (Fsp3) is 0.250. The first-order chi connectivity index (χ1) is 24.5. The molecular formula is C48H52O2P2. The number of benzene rings is 6. The maximum atomic E-state index is 17.0. The van der Waals surface area contributed by atoms with Gasteiger partial charge in [0.05, 0.1) is 0 Å². The van der Waals surface area contributed by atoms with Crippen molar-refractivity contribution in [2.75, 3.05) is 0 Å². The summed E-state index contributed by atoms with van der Waals surface area (Å²) >= 11 is 0. The molecule has 0 aromatic heterocycles. The Morgan fingerprint density at radius 2 is 0.519 bits per heavy atom. The monoisotopic (exact) mass is 722 g/mol. The van der Waals surface area contributed by atoms with Gasteiger partial charge >= 0.3 is 0 Å². The number of aryl methyl sites for hydroxylation is 12. The van der Waals surface area contributed by atoms with Crippen molar-refractivity contribution in [2.45, 2.75) is 83.1 Å². The summed E-state index contributed by atoms with van der Waals surface area (Å²) in [7, 11) is -7.12. The first kappa shape index (κ1) is 37.5. The maximum absolute atomic E-state index is 17.0. The van der Waals surface area contributed by atoms with E-state index in [0.29, 0.717) is 0 Å². The maximum Gasteiger partial charge on any atom is 0.172 e. The molecule has 0 amide bonds. The Kier molecular flexibility index (Phi) is 10.1. The lowest BCUT2D eigenvalue weighted by Gasteiger charge is -2.33. The van der Waals surface area contributed by atoms with E-state index in [1.54, 1.807) is 0 Å². The van der Waals surface area contributed by atoms with Crippen LogP contribution in [-0.2, 0) is 9.13 Å². The molecule has 0 radical (unpaired) electrons. The molecular weight excluding hydrogens is 670 g/mol. The second-order valence-electron chi connectivity index (χ2n) is 15.1. The Morgan fingerprint density at radius 1 is 0.308 bits per heavy atom. The van der Waals surface area contributed by atoms with Gasteiger partial charge in [-0.2, -0.15) is 0 Å². The van der Waals surface area contributed by atoms with Crippen LogP contribution >= 0.6 is 14.3 Å². The lowest BCUT2D eigenvalue weighted by molar-refractivity contribution is 0.591. The van der Waals surface area contributed by atoms with E-state index >= 15 is 9.13 Å². The Balaban J connectivity index is 1.90. The second-order valence-corrected chi connectivity index (χ2v) is 20.3. The van der Waals surface area contributed by atoms with Crippen molar-refractivity contribution in [2.24, 2.45) is 0 Å². The van der Waals surface area contributed by atoms with E-state index in [1.165, 1.54) is 0 Å². The zero-order valence-electron chi connectivity index (χ0n) is 32.9. The molecule has 0 aliphatic heterocycles. The molecule has 4 heteroatoms. The molecule has 0 unspecified atom stereocenters. The highest BCUT2D eigenvalue weighted by atomic mass is 31.2. The van der Waals surface area contributed by atoms with E-state index in [0.717, 1.165) is 110 Å². The summed E-state index contributed by atoms with van der Waals surface area (Å²) in [4.78, 5) is 0. The fourth-order valence-corrected chi connectivity index (χ4v) is 16.9. The average Bonchev–Trinajstić information content (AvgIpc) is 3.04. The lowest BCUT2D eigenvalue weighted by atomic mass is 9.94. The quantitative estimate of drug-likeness (QED) is 0.154. The Labute approximate surface area is 312 Å². The van der Waals surface area contributed by atoms with Crippen molar-refractivity contribution < 1.29 is 9.13 Å². The summed E-state index contributed by atoms with van der Waals surface area (Å²) in [6.07, 6.45) is 0. The Bertz CT molecular complexity index is 2130. The standard InChI is InChI=1S/C48H52O2P2/c1-29-25-39(11)43(41(27-29)51(49,45-31(3)17-13-18-32(45)4)46-33(5)19-14-20-34(46)6)44-40(12)26-30(2)28-42(44)52(50,47-35(7)21-15-22-36(47)8)48-37(9)23-16-24-38(48)10/h13-28H,1-12H3. The average molecular weight is 723 g/mol. The van der Waals surface area contributed by atoms with Crippen LogP contribution in [0.3, 0.4) is 0 Å². The van der Waals surface area contributed by atoms with E-state index in [2.05, 4.69) is 180 Å². The summed E-state index contributed by atoms with van der Waals surface area (Å²) in [5, 5.41) is 5.16. The van der Waals surface area contributed by atoms with Gasteiger partial charge in [-0.1, -0.05) is 96.1 Å². The van der Waals surface area contributed by atoms with Crippen LogP contribution in [0.1, 0.15) is 66.8 Å². The molecule has 0 atom stereocenters. The zero-order chi connectivity index (χ0) is 37.9. The van der Waals surface area contributed by atoms with Gasteiger partial charge in [-0.05, 0) is 162 Å². The van der Waals surface area contributed by atoms with Crippen molar-refractivity contribution in [3.05, 3.63) is 164 Å². The molecule has 0 fully saturated rings. The van der Waals surface area contributed by atoms with Crippen LogP contribution in [0.5, 0.6) is 0 Å². The summed E-state index contributed by atoms with van der Waals surface area (Å²) in [6.45, 7) is 25.2. The molecule has 0 aliphatic rings. The van der Waals surface area contributed by atoms with E-state index < -0.39 is 14.3 Å². The van der Waals surface area contributed by atoms with Crippen molar-refractivity contribution >= 4 is 46.1 Å². The Morgan fingerprint density at radius 3 is 0.731 bits per heavy atom. The van der Waals surface area contributed by atoms with Crippen molar-refractivity contribution in [3.8, 4) is 11.1 Å². The van der Waals surface area contributed by atoms with E-state index in [1.807, 2.05) is 0 Å². The topological polar surface area (TPSA) is 34.1 Å². The van der Waals surface area contributed by atoms with Gasteiger partial charge in [0.25, 0.3) is 0 Å². The van der Waals surface area contributed by atoms with Gasteiger partial charge in [0.1, 0.15) is 0 Å². The Hall–Kier alpha value is -4.22. The number of hydrogen-bond donors (Lipinski definition) is 0. The molecule has 2 nitrogen and oxygen atoms in total. The molecule has 6 rings (SSSR count). The van der Waals surface area contributed by atoms with Crippen LogP contribution in [0.15, 0.2) is 97.1 Å². The van der Waals surface area contributed by atoms with Crippen molar-refractivity contribution in [3.63, 3.8) is 0 Å². The minimum Gasteiger partial charge on any atom is -0.309 e. The van der Waals surface area contributed by atoms with Crippen LogP contribution < -0.4 is 31.8 Å². The number of hydrogen-bond acceptors (Lipinski definition) is 2. The highest BCUT2D eigenvalue weighted by Gasteiger charge is 2.42. The fourth-order valence-electron chi connectivity index (χ4n) is 8.95. The minimum atomic E-state index is -3.56. The van der Waals surface area contributed by atoms with Gasteiger partial charge < -0.3 is 9.13 Å². The van der Waals surface area contributed by atoms with Gasteiger partial charge in [0.2, 0.25) is 0 Å². The molecule has 0 aliphatic carbocycles. The zero-order valence-corrected chi connectivity index (χ0v) is 34.7. The third-order valence-electron chi connectivity index (χ3n) is 10.9. The van der Waals surface area contributed by atoms with Crippen LogP contribution in [0.4, 0.5) is 0 Å². The van der Waals surface area contributed by atoms with Gasteiger partial charge in [-0.25, -0.2) is 0 Å². The lowest BCUT2D eigenvalue weighted by Crippen LogP contribution is -2.35. The van der Waals surface area contributed by atoms with Gasteiger partial charge in [0.15, 0.2) is 14.3 Å². The molecule has 0 saturated heterocycles. The third-order valence-corrected chi connectivity index (χ3v) is 18.3. The predicted octanol–water partition coefficient (Wildman–Crippen LogP) is 10.3. The van der Waals surface area contributed by atoms with E-state index in [9.17, 15) is 0 Å². The van der Waals surface area contributed by atoms with Crippen LogP contribution in [0.2, 0.25) is 0 Å².